The number of aromatic nitrogens is 1. The molecule has 0 unspecified atom stereocenters. The fraction of sp³-hybridized carbons (Fsp3) is 0.368. The molecule has 0 spiro atoms. The molecule has 3 nitrogen and oxygen atoms in total. The number of hydrogen-bond acceptors (Lipinski definition) is 4. The first-order valence-electron chi connectivity index (χ1n) is 8.42. The van der Waals surface area contributed by atoms with Crippen LogP contribution in [-0.4, -0.2) is 10.9 Å². The third-order valence-electron chi connectivity index (χ3n) is 3.99. The summed E-state index contributed by atoms with van der Waals surface area (Å²) in [6.07, 6.45) is 4.34. The molecule has 24 heavy (non-hydrogen) atoms. The number of carbonyl (C=O) groups is 1. The summed E-state index contributed by atoms with van der Waals surface area (Å²) in [6.45, 7) is 5.96. The molecule has 0 fully saturated rings. The third-order valence-corrected chi connectivity index (χ3v) is 6.34. The molecule has 0 aliphatic carbocycles. The summed E-state index contributed by atoms with van der Waals surface area (Å²) in [4.78, 5) is 17.9. The Hall–Kier alpha value is -1.72. The molecule has 0 radical (unpaired) electrons. The molecule has 0 aliphatic rings. The van der Waals surface area contributed by atoms with Gasteiger partial charge in [0.05, 0.1) is 10.2 Å². The van der Waals surface area contributed by atoms with Gasteiger partial charge >= 0.3 is 0 Å². The molecule has 2 heterocycles. The maximum absolute atomic E-state index is 11.7. The number of aryl methyl sites for hydroxylation is 1. The van der Waals surface area contributed by atoms with Crippen molar-refractivity contribution in [1.29, 1.82) is 0 Å². The van der Waals surface area contributed by atoms with Gasteiger partial charge in [-0.05, 0) is 37.0 Å². The molecule has 0 saturated carbocycles. The van der Waals surface area contributed by atoms with E-state index in [0.29, 0.717) is 0 Å². The van der Waals surface area contributed by atoms with E-state index >= 15 is 0 Å². The van der Waals surface area contributed by atoms with Crippen molar-refractivity contribution < 1.29 is 4.79 Å². The Labute approximate surface area is 150 Å². The Kier molecular flexibility index (Phi) is 5.31. The molecule has 5 heteroatoms. The van der Waals surface area contributed by atoms with Gasteiger partial charge < -0.3 is 5.32 Å². The quantitative estimate of drug-likeness (QED) is 0.597. The van der Waals surface area contributed by atoms with E-state index < -0.39 is 0 Å². The second-order valence-electron chi connectivity index (χ2n) is 5.83. The van der Waals surface area contributed by atoms with Crippen LogP contribution in [0.2, 0.25) is 0 Å². The molecule has 0 bridgehead atoms. The number of carbonyl (C=O) groups excluding carboxylic acids is 1. The lowest BCUT2D eigenvalue weighted by molar-refractivity contribution is -0.114. The first kappa shape index (κ1) is 17.1. The van der Waals surface area contributed by atoms with E-state index in [2.05, 4.69) is 25.2 Å². The number of para-hydroxylation sites is 1. The second kappa shape index (κ2) is 7.45. The van der Waals surface area contributed by atoms with Crippen molar-refractivity contribution in [2.24, 2.45) is 0 Å². The van der Waals surface area contributed by atoms with Crippen LogP contribution in [-0.2, 0) is 17.6 Å². The molecule has 3 rings (SSSR count). The largest absolute Gasteiger partial charge is 0.317 e. The zero-order valence-electron chi connectivity index (χ0n) is 14.3. The second-order valence-corrected chi connectivity index (χ2v) is 7.97. The highest BCUT2D eigenvalue weighted by atomic mass is 32.1. The van der Waals surface area contributed by atoms with Gasteiger partial charge in [-0.25, -0.2) is 4.98 Å². The summed E-state index contributed by atoms with van der Waals surface area (Å²) < 4.78 is 1.19. The molecule has 0 aliphatic heterocycles. The molecular formula is C19H22N2OS2. The van der Waals surface area contributed by atoms with Crippen molar-refractivity contribution in [2.45, 2.75) is 46.5 Å². The number of anilines is 1. The molecule has 2 aromatic heterocycles. The zero-order valence-corrected chi connectivity index (χ0v) is 15.9. The standard InChI is InChI=1S/C19H22N2OS2/c1-4-6-9-13-15(5-2)23-18(20-12(3)22)17(13)19-21-14-10-7-8-11-16(14)24-19/h7-8,10-11H,4-6,9H2,1-3H3,(H,20,22). The van der Waals surface area contributed by atoms with Gasteiger partial charge in [0.25, 0.3) is 0 Å². The van der Waals surface area contributed by atoms with Crippen molar-refractivity contribution in [1.82, 2.24) is 4.98 Å². The fourth-order valence-electron chi connectivity index (χ4n) is 2.87. The van der Waals surface area contributed by atoms with Gasteiger partial charge in [0.2, 0.25) is 5.91 Å². The Morgan fingerprint density at radius 3 is 2.67 bits per heavy atom. The van der Waals surface area contributed by atoms with E-state index in [-0.39, 0.29) is 5.91 Å². The Morgan fingerprint density at radius 1 is 1.21 bits per heavy atom. The maximum atomic E-state index is 11.7. The fourth-order valence-corrected chi connectivity index (χ4v) is 5.21. The van der Waals surface area contributed by atoms with Crippen LogP contribution in [0.4, 0.5) is 5.00 Å². The van der Waals surface area contributed by atoms with Crippen molar-refractivity contribution in [3.63, 3.8) is 0 Å². The number of unbranched alkanes of at least 4 members (excludes halogenated alkanes) is 1. The SMILES string of the molecule is CCCCc1c(CC)sc(NC(C)=O)c1-c1nc2ccccc2s1. The normalized spacial score (nSPS) is 11.1. The van der Waals surface area contributed by atoms with E-state index in [1.807, 2.05) is 18.2 Å². The van der Waals surface area contributed by atoms with Crippen LogP contribution in [0.1, 0.15) is 44.1 Å². The highest BCUT2D eigenvalue weighted by molar-refractivity contribution is 7.22. The van der Waals surface area contributed by atoms with Gasteiger partial charge in [0.1, 0.15) is 10.0 Å². The highest BCUT2D eigenvalue weighted by Crippen LogP contribution is 2.44. The highest BCUT2D eigenvalue weighted by Gasteiger charge is 2.21. The minimum Gasteiger partial charge on any atom is -0.317 e. The van der Waals surface area contributed by atoms with E-state index in [9.17, 15) is 4.79 Å². The van der Waals surface area contributed by atoms with Crippen LogP contribution in [0.5, 0.6) is 0 Å². The lowest BCUT2D eigenvalue weighted by Gasteiger charge is -2.06. The summed E-state index contributed by atoms with van der Waals surface area (Å²) in [6, 6.07) is 8.21. The summed E-state index contributed by atoms with van der Waals surface area (Å²) in [5.41, 5.74) is 3.53. The number of thiazole rings is 1. The predicted octanol–water partition coefficient (Wildman–Crippen LogP) is 5.89. The lowest BCUT2D eigenvalue weighted by Crippen LogP contribution is -2.05. The zero-order chi connectivity index (χ0) is 17.1. The van der Waals surface area contributed by atoms with E-state index in [1.54, 1.807) is 29.6 Å². The first-order chi connectivity index (χ1) is 11.6. The number of rotatable bonds is 6. The van der Waals surface area contributed by atoms with Gasteiger partial charge in [-0.2, -0.15) is 0 Å². The smallest absolute Gasteiger partial charge is 0.221 e. The number of nitrogens with zero attached hydrogens (tertiary/aromatic N) is 1. The van der Waals surface area contributed by atoms with Gasteiger partial charge in [-0.1, -0.05) is 32.4 Å². The number of amides is 1. The molecule has 0 saturated heterocycles. The Bertz CT molecular complexity index is 831. The first-order valence-corrected chi connectivity index (χ1v) is 10.0. The molecular weight excluding hydrogens is 336 g/mol. The average molecular weight is 359 g/mol. The van der Waals surface area contributed by atoms with Gasteiger partial charge in [-0.3, -0.25) is 4.79 Å². The topological polar surface area (TPSA) is 42.0 Å². The van der Waals surface area contributed by atoms with Crippen LogP contribution < -0.4 is 5.32 Å². The van der Waals surface area contributed by atoms with E-state index in [1.165, 1.54) is 15.1 Å². The minimum absolute atomic E-state index is 0.0247. The molecule has 1 amide bonds. The number of benzene rings is 1. The summed E-state index contributed by atoms with van der Waals surface area (Å²) in [5.74, 6) is -0.0247. The number of hydrogen-bond donors (Lipinski definition) is 1. The molecule has 3 aromatic rings. The summed E-state index contributed by atoms with van der Waals surface area (Å²) >= 11 is 3.41. The van der Waals surface area contributed by atoms with Crippen molar-refractivity contribution >= 4 is 43.8 Å². The average Bonchev–Trinajstić information content (AvgIpc) is 3.12. The van der Waals surface area contributed by atoms with Crippen LogP contribution in [0.15, 0.2) is 24.3 Å². The van der Waals surface area contributed by atoms with Crippen LogP contribution in [0.3, 0.4) is 0 Å². The number of thiophene rings is 1. The van der Waals surface area contributed by atoms with Crippen LogP contribution >= 0.6 is 22.7 Å². The van der Waals surface area contributed by atoms with E-state index in [4.69, 9.17) is 4.98 Å². The van der Waals surface area contributed by atoms with Crippen LogP contribution in [0.25, 0.3) is 20.8 Å². The third kappa shape index (κ3) is 3.37. The molecule has 0 atom stereocenters. The van der Waals surface area contributed by atoms with Crippen molar-refractivity contribution in [3.8, 4) is 10.6 Å². The minimum atomic E-state index is -0.0247. The number of nitrogens with one attached hydrogen (secondary N) is 1. The number of fused-ring (bicyclic) bond motifs is 1. The van der Waals surface area contributed by atoms with Crippen molar-refractivity contribution in [2.75, 3.05) is 5.32 Å². The van der Waals surface area contributed by atoms with Crippen LogP contribution in [0, 0.1) is 0 Å². The van der Waals surface area contributed by atoms with E-state index in [0.717, 1.165) is 46.8 Å². The van der Waals surface area contributed by atoms with Gasteiger partial charge in [0.15, 0.2) is 0 Å². The van der Waals surface area contributed by atoms with Gasteiger partial charge in [0, 0.05) is 17.4 Å². The van der Waals surface area contributed by atoms with Crippen molar-refractivity contribution in [3.05, 3.63) is 34.7 Å². The molecule has 126 valence electrons. The maximum Gasteiger partial charge on any atom is 0.221 e. The monoisotopic (exact) mass is 358 g/mol. The molecule has 1 aromatic carbocycles. The summed E-state index contributed by atoms with van der Waals surface area (Å²) in [7, 11) is 0. The summed E-state index contributed by atoms with van der Waals surface area (Å²) in [5, 5.41) is 5.00. The molecule has 1 N–H and O–H groups in total. The Morgan fingerprint density at radius 2 is 2.00 bits per heavy atom. The predicted molar refractivity (Wildman–Crippen MR) is 105 cm³/mol. The van der Waals surface area contributed by atoms with Gasteiger partial charge in [-0.15, -0.1) is 22.7 Å². The lowest BCUT2D eigenvalue weighted by atomic mass is 10.0. The Balaban J connectivity index is 2.17.